The minimum Gasteiger partial charge on any atom is -0.397 e. The molecule has 0 aliphatic carbocycles. The van der Waals surface area contributed by atoms with Gasteiger partial charge in [0.05, 0.1) is 16.9 Å². The van der Waals surface area contributed by atoms with Gasteiger partial charge in [0.1, 0.15) is 5.69 Å². The van der Waals surface area contributed by atoms with Crippen molar-refractivity contribution in [3.05, 3.63) is 53.9 Å². The lowest BCUT2D eigenvalue weighted by atomic mass is 10.2. The van der Waals surface area contributed by atoms with E-state index in [1.807, 2.05) is 0 Å². The summed E-state index contributed by atoms with van der Waals surface area (Å²) in [7, 11) is 1.48. The Bertz CT molecular complexity index is 653. The summed E-state index contributed by atoms with van der Waals surface area (Å²) < 4.78 is 37.3. The number of alkyl halides is 3. The van der Waals surface area contributed by atoms with Crippen molar-refractivity contribution in [2.24, 2.45) is 0 Å². The quantitative estimate of drug-likeness (QED) is 0.867. The summed E-state index contributed by atoms with van der Waals surface area (Å²) in [6, 6.07) is 8.54. The van der Waals surface area contributed by atoms with Crippen molar-refractivity contribution in [1.29, 1.82) is 0 Å². The predicted octanol–water partition coefficient (Wildman–Crippen LogP) is 2.96. The fraction of sp³-hybridized carbons (Fsp3) is 0.143. The van der Waals surface area contributed by atoms with Gasteiger partial charge >= 0.3 is 6.18 Å². The Morgan fingerprint density at radius 3 is 2.38 bits per heavy atom. The van der Waals surface area contributed by atoms with Crippen LogP contribution in [0.1, 0.15) is 16.1 Å². The Morgan fingerprint density at radius 2 is 1.86 bits per heavy atom. The smallest absolute Gasteiger partial charge is 0.397 e. The number of benzene rings is 1. The van der Waals surface area contributed by atoms with E-state index in [4.69, 9.17) is 5.73 Å². The summed E-state index contributed by atoms with van der Waals surface area (Å²) in [5, 5.41) is 0. The maximum absolute atomic E-state index is 12.4. The predicted molar refractivity (Wildman–Crippen MR) is 72.8 cm³/mol. The molecule has 0 radical (unpaired) electrons. The minimum absolute atomic E-state index is 0.0891. The average molecular weight is 295 g/mol. The lowest BCUT2D eigenvalue weighted by molar-refractivity contribution is -0.137. The molecule has 7 heteroatoms. The molecule has 0 bridgehead atoms. The number of halogens is 3. The first-order chi connectivity index (χ1) is 9.80. The largest absolute Gasteiger partial charge is 0.417 e. The molecule has 4 nitrogen and oxygen atoms in total. The molecule has 0 unspecified atom stereocenters. The highest BCUT2D eigenvalue weighted by molar-refractivity contribution is 6.05. The second-order valence-corrected chi connectivity index (χ2v) is 4.35. The van der Waals surface area contributed by atoms with Gasteiger partial charge in [0.2, 0.25) is 0 Å². The summed E-state index contributed by atoms with van der Waals surface area (Å²) >= 11 is 0. The van der Waals surface area contributed by atoms with Crippen LogP contribution < -0.4 is 10.6 Å². The molecule has 1 aromatic heterocycles. The van der Waals surface area contributed by atoms with Crippen molar-refractivity contribution in [3.63, 3.8) is 0 Å². The topological polar surface area (TPSA) is 59.2 Å². The minimum atomic E-state index is -4.48. The van der Waals surface area contributed by atoms with Crippen molar-refractivity contribution in [2.75, 3.05) is 17.7 Å². The van der Waals surface area contributed by atoms with E-state index in [-0.39, 0.29) is 5.69 Å². The van der Waals surface area contributed by atoms with Crippen molar-refractivity contribution >= 4 is 17.3 Å². The standard InChI is InChI=1S/C14H12F3N3O/c1-20(12-5-3-2-4-10(12)18)13(21)11-7-6-9(8-19-11)14(15,16)17/h2-8H,18H2,1H3. The molecule has 0 aliphatic heterocycles. The van der Waals surface area contributed by atoms with Crippen LogP contribution in [0.4, 0.5) is 24.5 Å². The van der Waals surface area contributed by atoms with E-state index in [1.54, 1.807) is 24.3 Å². The Morgan fingerprint density at radius 1 is 1.19 bits per heavy atom. The third kappa shape index (κ3) is 3.13. The molecule has 1 amide bonds. The maximum atomic E-state index is 12.4. The highest BCUT2D eigenvalue weighted by atomic mass is 19.4. The highest BCUT2D eigenvalue weighted by Gasteiger charge is 2.31. The van der Waals surface area contributed by atoms with Crippen LogP contribution in [0.2, 0.25) is 0 Å². The van der Waals surface area contributed by atoms with Gasteiger partial charge in [-0.25, -0.2) is 0 Å². The van der Waals surface area contributed by atoms with Gasteiger partial charge in [0, 0.05) is 13.2 Å². The van der Waals surface area contributed by atoms with Crippen LogP contribution in [0.3, 0.4) is 0 Å². The van der Waals surface area contributed by atoms with Crippen LogP contribution in [0.15, 0.2) is 42.6 Å². The van der Waals surface area contributed by atoms with Gasteiger partial charge in [0.15, 0.2) is 0 Å². The molecule has 0 atom stereocenters. The fourth-order valence-corrected chi connectivity index (χ4v) is 1.76. The van der Waals surface area contributed by atoms with E-state index < -0.39 is 17.6 Å². The summed E-state index contributed by atoms with van der Waals surface area (Å²) in [4.78, 5) is 17.0. The summed E-state index contributed by atoms with van der Waals surface area (Å²) in [6.07, 6.45) is -3.85. The third-order valence-corrected chi connectivity index (χ3v) is 2.91. The number of nitrogen functional groups attached to an aromatic ring is 1. The molecule has 1 heterocycles. The molecule has 0 fully saturated rings. The molecule has 1 aromatic carbocycles. The number of para-hydroxylation sites is 2. The fourth-order valence-electron chi connectivity index (χ4n) is 1.76. The number of nitrogens with two attached hydrogens (primary N) is 1. The molecule has 2 rings (SSSR count). The molecule has 21 heavy (non-hydrogen) atoms. The number of hydrogen-bond acceptors (Lipinski definition) is 3. The van der Waals surface area contributed by atoms with Crippen LogP contribution in [0, 0.1) is 0 Å². The number of carbonyl (C=O) groups is 1. The first-order valence-electron chi connectivity index (χ1n) is 5.96. The SMILES string of the molecule is CN(C(=O)c1ccc(C(F)(F)F)cn1)c1ccccc1N. The molecule has 0 saturated carbocycles. The number of rotatable bonds is 2. The number of anilines is 2. The van der Waals surface area contributed by atoms with E-state index in [0.29, 0.717) is 17.6 Å². The van der Waals surface area contributed by atoms with Crippen LogP contribution in [0.5, 0.6) is 0 Å². The maximum Gasteiger partial charge on any atom is 0.417 e. The first-order valence-corrected chi connectivity index (χ1v) is 5.96. The van der Waals surface area contributed by atoms with Gasteiger partial charge in [-0.3, -0.25) is 9.78 Å². The molecule has 0 aliphatic rings. The number of hydrogen-bond donors (Lipinski definition) is 1. The van der Waals surface area contributed by atoms with Gasteiger partial charge in [-0.2, -0.15) is 13.2 Å². The normalized spacial score (nSPS) is 11.2. The summed E-state index contributed by atoms with van der Waals surface area (Å²) in [5.74, 6) is -0.540. The van der Waals surface area contributed by atoms with Crippen LogP contribution in [-0.2, 0) is 6.18 Å². The zero-order valence-corrected chi connectivity index (χ0v) is 11.1. The summed E-state index contributed by atoms with van der Waals surface area (Å²) in [6.45, 7) is 0. The Balaban J connectivity index is 2.26. The first kappa shape index (κ1) is 14.8. The van der Waals surface area contributed by atoms with Crippen molar-refractivity contribution in [3.8, 4) is 0 Å². The van der Waals surface area contributed by atoms with Crippen molar-refractivity contribution in [2.45, 2.75) is 6.18 Å². The van der Waals surface area contributed by atoms with Gasteiger partial charge < -0.3 is 10.6 Å². The second kappa shape index (κ2) is 5.43. The van der Waals surface area contributed by atoms with E-state index in [9.17, 15) is 18.0 Å². The highest BCUT2D eigenvalue weighted by Crippen LogP contribution is 2.29. The number of pyridine rings is 1. The number of aromatic nitrogens is 1. The average Bonchev–Trinajstić information content (AvgIpc) is 2.45. The zero-order valence-electron chi connectivity index (χ0n) is 11.1. The molecular weight excluding hydrogens is 283 g/mol. The summed E-state index contributed by atoms with van der Waals surface area (Å²) in [5.41, 5.74) is 5.62. The third-order valence-electron chi connectivity index (χ3n) is 2.91. The van der Waals surface area contributed by atoms with Gasteiger partial charge in [-0.05, 0) is 24.3 Å². The Labute approximate surface area is 119 Å². The molecule has 0 saturated heterocycles. The van der Waals surface area contributed by atoms with E-state index in [0.717, 1.165) is 12.1 Å². The van der Waals surface area contributed by atoms with Gasteiger partial charge in [-0.15, -0.1) is 0 Å². The van der Waals surface area contributed by atoms with Gasteiger partial charge in [-0.1, -0.05) is 12.1 Å². The Kier molecular flexibility index (Phi) is 3.84. The van der Waals surface area contributed by atoms with Crippen LogP contribution in [0.25, 0.3) is 0 Å². The van der Waals surface area contributed by atoms with Crippen LogP contribution >= 0.6 is 0 Å². The zero-order chi connectivity index (χ0) is 15.6. The lowest BCUT2D eigenvalue weighted by Crippen LogP contribution is -2.28. The van der Waals surface area contributed by atoms with E-state index >= 15 is 0 Å². The molecule has 2 N–H and O–H groups in total. The molecule has 0 spiro atoms. The number of nitrogens with zero attached hydrogens (tertiary/aromatic N) is 2. The van der Waals surface area contributed by atoms with E-state index in [2.05, 4.69) is 4.98 Å². The van der Waals surface area contributed by atoms with E-state index in [1.165, 1.54) is 11.9 Å². The van der Waals surface area contributed by atoms with Crippen molar-refractivity contribution in [1.82, 2.24) is 4.98 Å². The van der Waals surface area contributed by atoms with Gasteiger partial charge in [0.25, 0.3) is 5.91 Å². The lowest BCUT2D eigenvalue weighted by Gasteiger charge is -2.18. The second-order valence-electron chi connectivity index (χ2n) is 4.35. The number of carbonyl (C=O) groups excluding carboxylic acids is 1. The van der Waals surface area contributed by atoms with Crippen LogP contribution in [-0.4, -0.2) is 17.9 Å². The molecular formula is C14H12F3N3O. The molecule has 2 aromatic rings. The Hall–Kier alpha value is -2.57. The van der Waals surface area contributed by atoms with Crippen molar-refractivity contribution < 1.29 is 18.0 Å². The number of amides is 1. The monoisotopic (exact) mass is 295 g/mol. The molecule has 110 valence electrons.